The zero-order chi connectivity index (χ0) is 14.8. The van der Waals surface area contributed by atoms with Crippen LogP contribution >= 0.6 is 0 Å². The van der Waals surface area contributed by atoms with E-state index in [2.05, 4.69) is 25.9 Å². The largest absolute Gasteiger partial charge is 0.364 e. The molecule has 0 aromatic carbocycles. The highest BCUT2D eigenvalue weighted by Gasteiger charge is 2.29. The molecule has 2 aromatic heterocycles. The second kappa shape index (κ2) is 5.52. The second-order valence-electron chi connectivity index (χ2n) is 4.80. The van der Waals surface area contributed by atoms with Gasteiger partial charge in [-0.15, -0.1) is 5.10 Å². The van der Waals surface area contributed by atoms with Crippen LogP contribution in [0.1, 0.15) is 6.92 Å². The van der Waals surface area contributed by atoms with Gasteiger partial charge in [-0.25, -0.2) is 9.89 Å². The Morgan fingerprint density at radius 2 is 2.38 bits per heavy atom. The van der Waals surface area contributed by atoms with Crippen molar-refractivity contribution in [2.75, 3.05) is 31.1 Å². The summed E-state index contributed by atoms with van der Waals surface area (Å²) in [4.78, 5) is 25.7. The fraction of sp³-hybridized carbons (Fsp3) is 0.500. The van der Waals surface area contributed by atoms with Crippen LogP contribution in [0.5, 0.6) is 0 Å². The molecule has 1 amide bonds. The predicted octanol–water partition coefficient (Wildman–Crippen LogP) is -1.67. The summed E-state index contributed by atoms with van der Waals surface area (Å²) in [6.07, 6.45) is 0. The van der Waals surface area contributed by atoms with Crippen LogP contribution in [0, 0.1) is 0 Å². The number of aromatic amines is 1. The number of carbonyl (C=O) groups excluding carboxylic acids is 1. The predicted molar refractivity (Wildman–Crippen MR) is 76.3 cm³/mol. The minimum atomic E-state index is -0.392. The number of piperazine rings is 1. The van der Waals surface area contributed by atoms with Gasteiger partial charge in [0.15, 0.2) is 11.5 Å². The molecule has 0 saturated carbocycles. The van der Waals surface area contributed by atoms with E-state index in [1.165, 1.54) is 4.52 Å². The quantitative estimate of drug-likeness (QED) is 0.624. The van der Waals surface area contributed by atoms with Gasteiger partial charge in [0.1, 0.15) is 6.04 Å². The standard InChI is InChI=1S/C12H17N7O2/c1-2-14-11(20)8-7-13-5-6-18(8)10-4-3-9-15-16-12(21)19(9)17-10/h3-4,8,13H,2,5-7H2,1H3,(H,14,20)(H,16,21). The number of aromatic nitrogens is 4. The van der Waals surface area contributed by atoms with Gasteiger partial charge in [0.05, 0.1) is 0 Å². The summed E-state index contributed by atoms with van der Waals surface area (Å²) in [7, 11) is 0. The van der Waals surface area contributed by atoms with Crippen LogP contribution in [0.4, 0.5) is 5.82 Å². The van der Waals surface area contributed by atoms with Crippen molar-refractivity contribution in [1.82, 2.24) is 30.4 Å². The van der Waals surface area contributed by atoms with Crippen LogP contribution in [0.2, 0.25) is 0 Å². The molecule has 2 aromatic rings. The Labute approximate surface area is 120 Å². The fourth-order valence-corrected chi connectivity index (χ4v) is 2.45. The number of hydrogen-bond acceptors (Lipinski definition) is 6. The van der Waals surface area contributed by atoms with Crippen molar-refractivity contribution in [2.45, 2.75) is 13.0 Å². The number of nitrogens with one attached hydrogen (secondary N) is 3. The Balaban J connectivity index is 1.95. The average Bonchev–Trinajstić information content (AvgIpc) is 2.88. The van der Waals surface area contributed by atoms with E-state index < -0.39 is 5.69 Å². The molecule has 1 aliphatic heterocycles. The third-order valence-corrected chi connectivity index (χ3v) is 3.45. The van der Waals surface area contributed by atoms with Gasteiger partial charge >= 0.3 is 5.69 Å². The minimum absolute atomic E-state index is 0.0499. The lowest BCUT2D eigenvalue weighted by Gasteiger charge is -2.35. The molecule has 0 spiro atoms. The van der Waals surface area contributed by atoms with Crippen molar-refractivity contribution in [1.29, 1.82) is 0 Å². The Kier molecular flexibility index (Phi) is 3.57. The highest BCUT2D eigenvalue weighted by Crippen LogP contribution is 2.15. The highest BCUT2D eigenvalue weighted by atomic mass is 16.2. The van der Waals surface area contributed by atoms with E-state index in [-0.39, 0.29) is 11.9 Å². The molecule has 9 heteroatoms. The van der Waals surface area contributed by atoms with Gasteiger partial charge in [-0.3, -0.25) is 4.79 Å². The zero-order valence-corrected chi connectivity index (χ0v) is 11.7. The van der Waals surface area contributed by atoms with Gasteiger partial charge in [-0.2, -0.15) is 9.61 Å². The van der Waals surface area contributed by atoms with Crippen molar-refractivity contribution in [3.05, 3.63) is 22.6 Å². The molecule has 21 heavy (non-hydrogen) atoms. The lowest BCUT2D eigenvalue weighted by Crippen LogP contribution is -2.58. The smallest absolute Gasteiger partial charge is 0.355 e. The third kappa shape index (κ3) is 2.47. The second-order valence-corrected chi connectivity index (χ2v) is 4.80. The van der Waals surface area contributed by atoms with Crippen molar-refractivity contribution >= 4 is 17.4 Å². The van der Waals surface area contributed by atoms with E-state index in [0.717, 1.165) is 6.54 Å². The summed E-state index contributed by atoms with van der Waals surface area (Å²) < 4.78 is 1.20. The maximum absolute atomic E-state index is 12.2. The van der Waals surface area contributed by atoms with Crippen LogP contribution in [0.25, 0.3) is 5.65 Å². The number of hydrogen-bond donors (Lipinski definition) is 3. The summed E-state index contributed by atoms with van der Waals surface area (Å²) in [5.74, 6) is 0.537. The van der Waals surface area contributed by atoms with E-state index in [4.69, 9.17) is 0 Å². The maximum atomic E-state index is 12.2. The van der Waals surface area contributed by atoms with E-state index >= 15 is 0 Å². The molecule has 112 valence electrons. The topological polar surface area (TPSA) is 107 Å². The van der Waals surface area contributed by atoms with Gasteiger partial charge in [0.2, 0.25) is 5.91 Å². The van der Waals surface area contributed by atoms with Gasteiger partial charge in [-0.1, -0.05) is 0 Å². The van der Waals surface area contributed by atoms with Crippen LogP contribution in [-0.4, -0.2) is 57.9 Å². The number of H-pyrrole nitrogens is 1. The minimum Gasteiger partial charge on any atom is -0.355 e. The number of nitrogens with zero attached hydrogens (tertiary/aromatic N) is 4. The van der Waals surface area contributed by atoms with E-state index in [9.17, 15) is 9.59 Å². The van der Waals surface area contributed by atoms with Gasteiger partial charge in [-0.05, 0) is 19.1 Å². The lowest BCUT2D eigenvalue weighted by molar-refractivity contribution is -0.122. The molecule has 9 nitrogen and oxygen atoms in total. The van der Waals surface area contributed by atoms with Gasteiger partial charge in [0, 0.05) is 26.2 Å². The Morgan fingerprint density at radius 1 is 1.52 bits per heavy atom. The zero-order valence-electron chi connectivity index (χ0n) is 11.7. The van der Waals surface area contributed by atoms with Crippen LogP contribution in [0.15, 0.2) is 16.9 Å². The lowest BCUT2D eigenvalue weighted by atomic mass is 10.1. The number of amides is 1. The third-order valence-electron chi connectivity index (χ3n) is 3.45. The monoisotopic (exact) mass is 291 g/mol. The first-order valence-corrected chi connectivity index (χ1v) is 6.90. The number of rotatable bonds is 3. The molecule has 3 N–H and O–H groups in total. The summed E-state index contributed by atoms with van der Waals surface area (Å²) in [5.41, 5.74) is 0.0602. The van der Waals surface area contributed by atoms with Crippen molar-refractivity contribution in [3.63, 3.8) is 0 Å². The van der Waals surface area contributed by atoms with Gasteiger partial charge in [0.25, 0.3) is 0 Å². The Bertz CT molecular complexity index is 707. The molecule has 1 aliphatic rings. The molecule has 3 heterocycles. The summed E-state index contributed by atoms with van der Waals surface area (Å²) in [5, 5.41) is 16.5. The van der Waals surface area contributed by atoms with Crippen LogP contribution in [-0.2, 0) is 4.79 Å². The number of anilines is 1. The van der Waals surface area contributed by atoms with Crippen molar-refractivity contribution < 1.29 is 4.79 Å². The molecule has 1 atom stereocenters. The normalized spacial score (nSPS) is 18.9. The average molecular weight is 291 g/mol. The molecule has 0 bridgehead atoms. The number of likely N-dealkylation sites (N-methyl/N-ethyl adjacent to an activating group) is 1. The van der Waals surface area contributed by atoms with Crippen molar-refractivity contribution in [3.8, 4) is 0 Å². The first-order chi connectivity index (χ1) is 10.2. The maximum Gasteiger partial charge on any atom is 0.364 e. The summed E-state index contributed by atoms with van der Waals surface area (Å²) >= 11 is 0. The van der Waals surface area contributed by atoms with E-state index in [0.29, 0.717) is 31.1 Å². The SMILES string of the molecule is CCNC(=O)C1CNCCN1c1ccc2n[nH]c(=O)n2n1. The Hall–Kier alpha value is -2.42. The fourth-order valence-electron chi connectivity index (χ4n) is 2.45. The molecule has 1 unspecified atom stereocenters. The molecule has 3 rings (SSSR count). The summed E-state index contributed by atoms with van der Waals surface area (Å²) in [6.45, 7) is 4.42. The van der Waals surface area contributed by atoms with E-state index in [1.54, 1.807) is 12.1 Å². The number of fused-ring (bicyclic) bond motifs is 1. The first kappa shape index (κ1) is 13.6. The number of carbonyl (C=O) groups is 1. The molecule has 1 saturated heterocycles. The first-order valence-electron chi connectivity index (χ1n) is 6.90. The van der Waals surface area contributed by atoms with Crippen LogP contribution < -0.4 is 21.2 Å². The Morgan fingerprint density at radius 3 is 3.19 bits per heavy atom. The van der Waals surface area contributed by atoms with Gasteiger partial charge < -0.3 is 15.5 Å². The molecular formula is C12H17N7O2. The highest BCUT2D eigenvalue weighted by molar-refractivity contribution is 5.85. The summed E-state index contributed by atoms with van der Waals surface area (Å²) in [6, 6.07) is 3.13. The molecular weight excluding hydrogens is 274 g/mol. The molecule has 1 fully saturated rings. The van der Waals surface area contributed by atoms with Crippen LogP contribution in [0.3, 0.4) is 0 Å². The van der Waals surface area contributed by atoms with Crippen molar-refractivity contribution in [2.24, 2.45) is 0 Å². The molecule has 0 radical (unpaired) electrons. The molecule has 0 aliphatic carbocycles. The van der Waals surface area contributed by atoms with E-state index in [1.807, 2.05) is 11.8 Å².